The van der Waals surface area contributed by atoms with Crippen LogP contribution in [0.1, 0.15) is 13.8 Å². The molecule has 0 aromatic rings. The van der Waals surface area contributed by atoms with E-state index in [2.05, 4.69) is 0 Å². The molecule has 1 atom stereocenters. The largest absolute Gasteiger partial charge is 0.347 e. The van der Waals surface area contributed by atoms with Gasteiger partial charge in [-0.25, -0.2) is 0 Å². The second-order valence-corrected chi connectivity index (χ2v) is 3.18. The topological polar surface area (TPSA) is 35.5 Å². The third kappa shape index (κ3) is 2.15. The van der Waals surface area contributed by atoms with Crippen molar-refractivity contribution >= 4 is 17.4 Å². The summed E-state index contributed by atoms with van der Waals surface area (Å²) < 4.78 is 10.4. The molecule has 64 valence electrons. The fourth-order valence-corrected chi connectivity index (χ4v) is 1.10. The Bertz CT molecular complexity index is 167. The summed E-state index contributed by atoms with van der Waals surface area (Å²) in [5, 5.41) is 0. The maximum Gasteiger partial charge on any atom is 0.178 e. The number of rotatable bonds is 2. The Morgan fingerprint density at radius 1 is 1.73 bits per heavy atom. The van der Waals surface area contributed by atoms with E-state index in [0.717, 1.165) is 0 Å². The van der Waals surface area contributed by atoms with Gasteiger partial charge in [0.25, 0.3) is 0 Å². The Balaban J connectivity index is 2.48. The lowest BCUT2D eigenvalue weighted by molar-refractivity contribution is -0.150. The fraction of sp³-hybridized carbons (Fsp3) is 0.857. The van der Waals surface area contributed by atoms with E-state index in [9.17, 15) is 4.79 Å². The van der Waals surface area contributed by atoms with E-state index in [1.807, 2.05) is 0 Å². The summed E-state index contributed by atoms with van der Waals surface area (Å²) in [5.41, 5.74) is 0. The number of carbonyl (C=O) groups is 1. The van der Waals surface area contributed by atoms with Crippen LogP contribution in [-0.2, 0) is 14.3 Å². The third-order valence-corrected chi connectivity index (χ3v) is 1.76. The molecule has 0 N–H and O–H groups in total. The molecule has 0 aromatic carbocycles. The summed E-state index contributed by atoms with van der Waals surface area (Å²) >= 11 is 5.34. The lowest BCUT2D eigenvalue weighted by Crippen LogP contribution is -2.27. The number of carbonyl (C=O) groups excluding carboxylic acids is 1. The van der Waals surface area contributed by atoms with Gasteiger partial charge in [-0.3, -0.25) is 4.79 Å². The highest BCUT2D eigenvalue weighted by atomic mass is 35.5. The summed E-state index contributed by atoms with van der Waals surface area (Å²) in [6, 6.07) is 0. The Kier molecular flexibility index (Phi) is 2.52. The third-order valence-electron chi connectivity index (χ3n) is 1.50. The molecule has 1 fully saturated rings. The minimum Gasteiger partial charge on any atom is -0.347 e. The van der Waals surface area contributed by atoms with E-state index < -0.39 is 11.9 Å². The van der Waals surface area contributed by atoms with Gasteiger partial charge in [-0.05, 0) is 13.8 Å². The van der Waals surface area contributed by atoms with Crippen LogP contribution in [0, 0.1) is 0 Å². The van der Waals surface area contributed by atoms with Crippen LogP contribution < -0.4 is 0 Å². The highest BCUT2D eigenvalue weighted by molar-refractivity contribution is 6.28. The number of hydrogen-bond acceptors (Lipinski definition) is 3. The molecule has 0 unspecified atom stereocenters. The first-order valence-electron chi connectivity index (χ1n) is 3.45. The molecular formula is C7H11ClO3. The van der Waals surface area contributed by atoms with Gasteiger partial charge < -0.3 is 9.47 Å². The molecule has 3 nitrogen and oxygen atoms in total. The molecule has 0 saturated carbocycles. The minimum absolute atomic E-state index is 0.00981. The Morgan fingerprint density at radius 3 is 2.73 bits per heavy atom. The molecule has 0 bridgehead atoms. The second-order valence-electron chi connectivity index (χ2n) is 2.92. The molecule has 1 aliphatic rings. The van der Waals surface area contributed by atoms with E-state index in [1.54, 1.807) is 13.8 Å². The van der Waals surface area contributed by atoms with Crippen LogP contribution in [0.3, 0.4) is 0 Å². The maximum atomic E-state index is 11.0. The summed E-state index contributed by atoms with van der Waals surface area (Å²) in [6.45, 7) is 3.86. The van der Waals surface area contributed by atoms with Crippen molar-refractivity contribution in [1.82, 2.24) is 0 Å². The Morgan fingerprint density at radius 2 is 2.36 bits per heavy atom. The van der Waals surface area contributed by atoms with Crippen LogP contribution in [0.15, 0.2) is 0 Å². The number of Topliss-reactive ketones (excluding diaryl/α,β-unsaturated/α-hetero) is 1. The average Bonchev–Trinajstić information content (AvgIpc) is 2.29. The lowest BCUT2D eigenvalue weighted by Gasteiger charge is -2.15. The zero-order chi connectivity index (χ0) is 8.48. The van der Waals surface area contributed by atoms with Crippen molar-refractivity contribution in [2.75, 3.05) is 12.5 Å². The predicted molar refractivity (Wildman–Crippen MR) is 40.6 cm³/mol. The zero-order valence-electron chi connectivity index (χ0n) is 6.59. The van der Waals surface area contributed by atoms with Gasteiger partial charge in [0.15, 0.2) is 11.6 Å². The number of hydrogen-bond donors (Lipinski definition) is 0. The molecule has 1 heterocycles. The fourth-order valence-electron chi connectivity index (χ4n) is 0.932. The number of halogens is 1. The highest BCUT2D eigenvalue weighted by Gasteiger charge is 2.36. The standard InChI is InChI=1S/C7H11ClO3/c1-7(2)10-4-6(11-7)5(9)3-8/h6H,3-4H2,1-2H3/t6-/m1/s1. The van der Waals surface area contributed by atoms with Crippen LogP contribution in [0.5, 0.6) is 0 Å². The van der Waals surface area contributed by atoms with E-state index in [-0.39, 0.29) is 11.7 Å². The van der Waals surface area contributed by atoms with Gasteiger partial charge in [0.2, 0.25) is 0 Å². The molecule has 1 saturated heterocycles. The van der Waals surface area contributed by atoms with Gasteiger partial charge >= 0.3 is 0 Å². The van der Waals surface area contributed by atoms with Crippen molar-refractivity contribution < 1.29 is 14.3 Å². The number of ether oxygens (including phenoxy) is 2. The molecule has 0 radical (unpaired) electrons. The predicted octanol–water partition coefficient (Wildman–Crippen LogP) is 0.946. The van der Waals surface area contributed by atoms with Crippen molar-refractivity contribution in [2.45, 2.75) is 25.7 Å². The molecule has 0 aliphatic carbocycles. The molecule has 0 spiro atoms. The summed E-state index contributed by atoms with van der Waals surface area (Å²) in [7, 11) is 0. The Hall–Kier alpha value is -0.120. The van der Waals surface area contributed by atoms with Crippen molar-refractivity contribution in [1.29, 1.82) is 0 Å². The van der Waals surface area contributed by atoms with Crippen molar-refractivity contribution in [3.05, 3.63) is 0 Å². The summed E-state index contributed by atoms with van der Waals surface area (Å²) in [4.78, 5) is 11.0. The first-order valence-corrected chi connectivity index (χ1v) is 3.99. The molecular weight excluding hydrogens is 168 g/mol. The maximum absolute atomic E-state index is 11.0. The minimum atomic E-state index is -0.633. The van der Waals surface area contributed by atoms with Crippen LogP contribution in [0.4, 0.5) is 0 Å². The van der Waals surface area contributed by atoms with E-state index >= 15 is 0 Å². The van der Waals surface area contributed by atoms with Crippen molar-refractivity contribution in [3.8, 4) is 0 Å². The molecule has 1 rings (SSSR count). The number of ketones is 1. The van der Waals surface area contributed by atoms with E-state index in [1.165, 1.54) is 0 Å². The van der Waals surface area contributed by atoms with Crippen LogP contribution >= 0.6 is 11.6 Å². The summed E-state index contributed by atoms with van der Waals surface area (Å²) in [6.07, 6.45) is -0.470. The van der Waals surface area contributed by atoms with Crippen LogP contribution in [-0.4, -0.2) is 30.2 Å². The highest BCUT2D eigenvalue weighted by Crippen LogP contribution is 2.22. The average molecular weight is 179 g/mol. The quantitative estimate of drug-likeness (QED) is 0.591. The Labute approximate surface area is 70.6 Å². The first-order chi connectivity index (χ1) is 5.05. The summed E-state index contributed by atoms with van der Waals surface area (Å²) in [5.74, 6) is -0.756. The zero-order valence-corrected chi connectivity index (χ0v) is 7.35. The monoisotopic (exact) mass is 178 g/mol. The van der Waals surface area contributed by atoms with Crippen LogP contribution in [0.2, 0.25) is 0 Å². The normalized spacial score (nSPS) is 28.8. The lowest BCUT2D eigenvalue weighted by atomic mass is 10.3. The van der Waals surface area contributed by atoms with Crippen molar-refractivity contribution in [2.24, 2.45) is 0 Å². The first kappa shape index (κ1) is 8.97. The van der Waals surface area contributed by atoms with Gasteiger partial charge in [0.1, 0.15) is 6.10 Å². The second kappa shape index (κ2) is 3.09. The molecule has 11 heavy (non-hydrogen) atoms. The molecule has 1 aliphatic heterocycles. The molecule has 0 aromatic heterocycles. The van der Waals surface area contributed by atoms with Gasteiger partial charge in [-0.15, -0.1) is 11.6 Å². The van der Waals surface area contributed by atoms with Gasteiger partial charge in [-0.2, -0.15) is 0 Å². The molecule has 0 amide bonds. The van der Waals surface area contributed by atoms with Crippen molar-refractivity contribution in [3.63, 3.8) is 0 Å². The van der Waals surface area contributed by atoms with Crippen LogP contribution in [0.25, 0.3) is 0 Å². The molecule has 4 heteroatoms. The van der Waals surface area contributed by atoms with E-state index in [0.29, 0.717) is 6.61 Å². The number of alkyl halides is 1. The van der Waals surface area contributed by atoms with Gasteiger partial charge in [-0.1, -0.05) is 0 Å². The van der Waals surface area contributed by atoms with Gasteiger partial charge in [0, 0.05) is 0 Å². The van der Waals surface area contributed by atoms with Gasteiger partial charge in [0.05, 0.1) is 12.5 Å². The smallest absolute Gasteiger partial charge is 0.178 e. The SMILES string of the molecule is CC1(C)OC[C@H](C(=O)CCl)O1. The van der Waals surface area contributed by atoms with E-state index in [4.69, 9.17) is 21.1 Å².